The van der Waals surface area contributed by atoms with E-state index in [9.17, 15) is 4.79 Å². The van der Waals surface area contributed by atoms with Gasteiger partial charge in [-0.1, -0.05) is 41.9 Å². The zero-order chi connectivity index (χ0) is 13.9. The van der Waals surface area contributed by atoms with Crippen molar-refractivity contribution < 1.29 is 4.79 Å². The number of hydrogen-bond donors (Lipinski definition) is 0. The van der Waals surface area contributed by atoms with E-state index in [2.05, 4.69) is 5.10 Å². The monoisotopic (exact) mass is 282 g/mol. The Kier molecular flexibility index (Phi) is 3.35. The fourth-order valence-electron chi connectivity index (χ4n) is 2.02. The fourth-order valence-corrected chi connectivity index (χ4v) is 2.32. The lowest BCUT2D eigenvalue weighted by molar-refractivity contribution is 0.112. The number of halogens is 1. The third-order valence-corrected chi connectivity index (χ3v) is 3.36. The van der Waals surface area contributed by atoms with Crippen molar-refractivity contribution in [2.75, 3.05) is 0 Å². The molecule has 1 heterocycles. The summed E-state index contributed by atoms with van der Waals surface area (Å²) in [6.45, 7) is 0. The Morgan fingerprint density at radius 1 is 1.10 bits per heavy atom. The Bertz CT molecular complexity index is 750. The molecule has 20 heavy (non-hydrogen) atoms. The highest BCUT2D eigenvalue weighted by Gasteiger charge is 2.07. The van der Waals surface area contributed by atoms with Gasteiger partial charge in [-0.2, -0.15) is 5.10 Å². The SMILES string of the molecule is O=Cc1ccc(-c2cnn(-c3ccccc3)c2)c(Cl)c1. The second kappa shape index (κ2) is 5.31. The first-order valence-corrected chi connectivity index (χ1v) is 6.51. The van der Waals surface area contributed by atoms with Crippen molar-refractivity contribution in [3.63, 3.8) is 0 Å². The highest BCUT2D eigenvalue weighted by molar-refractivity contribution is 6.33. The molecule has 4 heteroatoms. The lowest BCUT2D eigenvalue weighted by Gasteiger charge is -2.02. The standard InChI is InChI=1S/C16H11ClN2O/c17-16-8-12(11-20)6-7-15(16)13-9-18-19(10-13)14-4-2-1-3-5-14/h1-11H. The maximum Gasteiger partial charge on any atom is 0.150 e. The van der Waals surface area contributed by atoms with Crippen LogP contribution in [0.15, 0.2) is 60.9 Å². The first-order chi connectivity index (χ1) is 9.78. The molecule has 0 atom stereocenters. The molecule has 0 saturated heterocycles. The number of hydrogen-bond acceptors (Lipinski definition) is 2. The molecule has 0 aliphatic heterocycles. The molecule has 0 aliphatic carbocycles. The Labute approximate surface area is 121 Å². The van der Waals surface area contributed by atoms with Crippen LogP contribution in [-0.4, -0.2) is 16.1 Å². The van der Waals surface area contributed by atoms with Gasteiger partial charge < -0.3 is 0 Å². The minimum Gasteiger partial charge on any atom is -0.298 e. The molecule has 0 bridgehead atoms. The molecular formula is C16H11ClN2O. The van der Waals surface area contributed by atoms with Crippen molar-refractivity contribution in [1.29, 1.82) is 0 Å². The van der Waals surface area contributed by atoms with Gasteiger partial charge in [-0.25, -0.2) is 4.68 Å². The molecule has 0 spiro atoms. The van der Waals surface area contributed by atoms with Gasteiger partial charge in [0.25, 0.3) is 0 Å². The summed E-state index contributed by atoms with van der Waals surface area (Å²) < 4.78 is 1.79. The largest absolute Gasteiger partial charge is 0.298 e. The summed E-state index contributed by atoms with van der Waals surface area (Å²) in [7, 11) is 0. The molecule has 1 aromatic heterocycles. The van der Waals surface area contributed by atoms with Crippen molar-refractivity contribution in [1.82, 2.24) is 9.78 Å². The van der Waals surface area contributed by atoms with Crippen LogP contribution < -0.4 is 0 Å². The molecule has 0 unspecified atom stereocenters. The molecule has 0 fully saturated rings. The molecular weight excluding hydrogens is 272 g/mol. The maximum absolute atomic E-state index is 10.7. The third-order valence-electron chi connectivity index (χ3n) is 3.04. The number of nitrogens with zero attached hydrogens (tertiary/aromatic N) is 2. The fraction of sp³-hybridized carbons (Fsp3) is 0. The number of rotatable bonds is 3. The van der Waals surface area contributed by atoms with Gasteiger partial charge in [0, 0.05) is 27.9 Å². The Morgan fingerprint density at radius 2 is 1.90 bits per heavy atom. The number of aldehydes is 1. The lowest BCUT2D eigenvalue weighted by Crippen LogP contribution is -1.92. The van der Waals surface area contributed by atoms with Crippen molar-refractivity contribution in [3.05, 3.63) is 71.5 Å². The second-order valence-electron chi connectivity index (χ2n) is 4.37. The molecule has 0 radical (unpaired) electrons. The van der Waals surface area contributed by atoms with Crippen LogP contribution in [0.3, 0.4) is 0 Å². The van der Waals surface area contributed by atoms with E-state index in [4.69, 9.17) is 11.6 Å². The van der Waals surface area contributed by atoms with Gasteiger partial charge in [-0.05, 0) is 18.2 Å². The van der Waals surface area contributed by atoms with E-state index in [1.807, 2.05) is 42.6 Å². The summed E-state index contributed by atoms with van der Waals surface area (Å²) in [6.07, 6.45) is 4.45. The van der Waals surface area contributed by atoms with Crippen molar-refractivity contribution in [3.8, 4) is 16.8 Å². The number of carbonyl (C=O) groups is 1. The normalized spacial score (nSPS) is 10.4. The molecule has 0 saturated carbocycles. The molecule has 3 nitrogen and oxygen atoms in total. The molecule has 3 rings (SSSR count). The van der Waals surface area contributed by atoms with Gasteiger partial charge in [-0.3, -0.25) is 4.79 Å². The van der Waals surface area contributed by atoms with E-state index in [0.29, 0.717) is 10.6 Å². The minimum absolute atomic E-state index is 0.544. The van der Waals surface area contributed by atoms with Crippen LogP contribution in [0.4, 0.5) is 0 Å². The van der Waals surface area contributed by atoms with E-state index in [1.54, 1.807) is 23.0 Å². The van der Waals surface area contributed by atoms with Crippen molar-refractivity contribution in [2.45, 2.75) is 0 Å². The summed E-state index contributed by atoms with van der Waals surface area (Å²) in [5.74, 6) is 0. The first kappa shape index (κ1) is 12.6. The molecule has 0 aliphatic rings. The van der Waals surface area contributed by atoms with Gasteiger partial charge in [0.1, 0.15) is 6.29 Å². The molecule has 3 aromatic rings. The van der Waals surface area contributed by atoms with Crippen LogP contribution in [0.5, 0.6) is 0 Å². The predicted molar refractivity (Wildman–Crippen MR) is 79.4 cm³/mol. The second-order valence-corrected chi connectivity index (χ2v) is 4.77. The smallest absolute Gasteiger partial charge is 0.150 e. The number of aromatic nitrogens is 2. The molecule has 98 valence electrons. The van der Waals surface area contributed by atoms with Gasteiger partial charge in [0.2, 0.25) is 0 Å². The topological polar surface area (TPSA) is 34.9 Å². The minimum atomic E-state index is 0.544. The number of benzene rings is 2. The van der Waals surface area contributed by atoms with Crippen LogP contribution in [0.25, 0.3) is 16.8 Å². The van der Waals surface area contributed by atoms with E-state index < -0.39 is 0 Å². The summed E-state index contributed by atoms with van der Waals surface area (Å²) >= 11 is 6.20. The molecule has 0 amide bonds. The predicted octanol–water partition coefficient (Wildman–Crippen LogP) is 4.01. The highest BCUT2D eigenvalue weighted by atomic mass is 35.5. The summed E-state index contributed by atoms with van der Waals surface area (Å²) in [5.41, 5.74) is 3.32. The van der Waals surface area contributed by atoms with E-state index in [1.165, 1.54) is 0 Å². The average Bonchev–Trinajstić information content (AvgIpc) is 2.97. The Morgan fingerprint density at radius 3 is 2.60 bits per heavy atom. The summed E-state index contributed by atoms with van der Waals surface area (Å²) in [6, 6.07) is 15.1. The molecule has 0 N–H and O–H groups in total. The summed E-state index contributed by atoms with van der Waals surface area (Å²) in [4.78, 5) is 10.7. The Balaban J connectivity index is 2.00. The van der Waals surface area contributed by atoms with Crippen molar-refractivity contribution in [2.24, 2.45) is 0 Å². The first-order valence-electron chi connectivity index (χ1n) is 6.13. The van der Waals surface area contributed by atoms with E-state index >= 15 is 0 Å². The summed E-state index contributed by atoms with van der Waals surface area (Å²) in [5, 5.41) is 4.88. The lowest BCUT2D eigenvalue weighted by atomic mass is 10.1. The molecule has 2 aromatic carbocycles. The zero-order valence-electron chi connectivity index (χ0n) is 10.5. The van der Waals surface area contributed by atoms with Gasteiger partial charge in [-0.15, -0.1) is 0 Å². The van der Waals surface area contributed by atoms with Crippen LogP contribution in [0.1, 0.15) is 10.4 Å². The third kappa shape index (κ3) is 2.36. The highest BCUT2D eigenvalue weighted by Crippen LogP contribution is 2.28. The van der Waals surface area contributed by atoms with Gasteiger partial charge in [0.05, 0.1) is 11.9 Å². The van der Waals surface area contributed by atoms with E-state index in [-0.39, 0.29) is 0 Å². The van der Waals surface area contributed by atoms with Crippen molar-refractivity contribution >= 4 is 17.9 Å². The number of para-hydroxylation sites is 1. The van der Waals surface area contributed by atoms with Crippen LogP contribution in [0, 0.1) is 0 Å². The maximum atomic E-state index is 10.7. The van der Waals surface area contributed by atoms with Gasteiger partial charge >= 0.3 is 0 Å². The Hall–Kier alpha value is -2.39. The number of carbonyl (C=O) groups excluding carboxylic acids is 1. The van der Waals surface area contributed by atoms with E-state index in [0.717, 1.165) is 23.1 Å². The van der Waals surface area contributed by atoms with Crippen LogP contribution >= 0.6 is 11.6 Å². The zero-order valence-corrected chi connectivity index (χ0v) is 11.3. The van der Waals surface area contributed by atoms with Crippen LogP contribution in [0.2, 0.25) is 5.02 Å². The average molecular weight is 283 g/mol. The quantitative estimate of drug-likeness (QED) is 0.681. The van der Waals surface area contributed by atoms with Gasteiger partial charge in [0.15, 0.2) is 0 Å². The van der Waals surface area contributed by atoms with Crippen LogP contribution in [-0.2, 0) is 0 Å².